The fourth-order valence-corrected chi connectivity index (χ4v) is 6.06. The summed E-state index contributed by atoms with van der Waals surface area (Å²) >= 11 is 0. The van der Waals surface area contributed by atoms with Crippen LogP contribution in [0.2, 0.25) is 0 Å². The number of imidazole rings is 1. The van der Waals surface area contributed by atoms with Crippen molar-refractivity contribution >= 4 is 29.0 Å². The molecule has 5 atom stereocenters. The van der Waals surface area contributed by atoms with Gasteiger partial charge in [0.25, 0.3) is 5.91 Å². The molecule has 0 spiro atoms. The van der Waals surface area contributed by atoms with Crippen molar-refractivity contribution in [2.45, 2.75) is 70.0 Å². The predicted octanol–water partition coefficient (Wildman–Crippen LogP) is 0.287. The molecule has 0 radical (unpaired) electrons. The number of rotatable bonds is 9. The Labute approximate surface area is 239 Å². The third kappa shape index (κ3) is 6.55. The van der Waals surface area contributed by atoms with Crippen molar-refractivity contribution in [3.8, 4) is 0 Å². The largest absolute Gasteiger partial charge is 0.449 e. The molecule has 0 bridgehead atoms. The highest BCUT2D eigenvalue weighted by Gasteiger charge is 2.47. The molecule has 2 amide bonds. The molecule has 41 heavy (non-hydrogen) atoms. The monoisotopic (exact) mass is 574 g/mol. The van der Waals surface area contributed by atoms with Gasteiger partial charge in [-0.1, -0.05) is 0 Å². The van der Waals surface area contributed by atoms with Crippen LogP contribution in [0.4, 0.5) is 10.6 Å². The van der Waals surface area contributed by atoms with E-state index in [1.165, 1.54) is 10.9 Å². The minimum absolute atomic E-state index is 0.201. The molecule has 3 saturated heterocycles. The first kappa shape index (κ1) is 29.4. The van der Waals surface area contributed by atoms with Gasteiger partial charge in [0.1, 0.15) is 23.5 Å². The van der Waals surface area contributed by atoms with Crippen molar-refractivity contribution in [2.75, 3.05) is 52.1 Å². The fourth-order valence-electron chi connectivity index (χ4n) is 6.06. The van der Waals surface area contributed by atoms with E-state index in [1.54, 1.807) is 6.92 Å². The van der Waals surface area contributed by atoms with Gasteiger partial charge in [0, 0.05) is 38.5 Å². The summed E-state index contributed by atoms with van der Waals surface area (Å²) in [5.74, 6) is 1.20. The number of anilines is 1. The molecule has 14 nitrogen and oxygen atoms in total. The zero-order valence-corrected chi connectivity index (χ0v) is 23.8. The Kier molecular flexibility index (Phi) is 9.22. The molecule has 2 aromatic rings. The molecule has 0 aromatic carbocycles. The number of amides is 2. The summed E-state index contributed by atoms with van der Waals surface area (Å²) in [6, 6.07) is 0. The van der Waals surface area contributed by atoms with Gasteiger partial charge < -0.3 is 40.5 Å². The van der Waals surface area contributed by atoms with Gasteiger partial charge in [-0.15, -0.1) is 0 Å². The molecule has 0 aliphatic carbocycles. The van der Waals surface area contributed by atoms with Gasteiger partial charge in [-0.05, 0) is 58.5 Å². The van der Waals surface area contributed by atoms with Gasteiger partial charge in [0.15, 0.2) is 23.8 Å². The maximum atomic E-state index is 12.5. The maximum absolute atomic E-state index is 12.5. The summed E-state index contributed by atoms with van der Waals surface area (Å²) < 4.78 is 12.8. The van der Waals surface area contributed by atoms with Crippen molar-refractivity contribution in [1.82, 2.24) is 34.6 Å². The second-order valence-corrected chi connectivity index (χ2v) is 11.5. The SMILES string of the molecule is CCNC(=O)[C@H]1O[C@@H](n2cnc3c(N)nc(CCCC4CCN(C(=O)OCC5CCN(C)C5)CC4)nc32)C(O)[C@H]1O. The number of aryl methyl sites for hydroxylation is 1. The van der Waals surface area contributed by atoms with Crippen molar-refractivity contribution in [2.24, 2.45) is 11.8 Å². The number of carbonyl (C=O) groups is 2. The first-order valence-electron chi connectivity index (χ1n) is 14.6. The Balaban J connectivity index is 1.12. The Morgan fingerprint density at radius 2 is 1.90 bits per heavy atom. The molecule has 0 saturated carbocycles. The van der Waals surface area contributed by atoms with Crippen molar-refractivity contribution in [3.63, 3.8) is 0 Å². The van der Waals surface area contributed by atoms with Gasteiger partial charge >= 0.3 is 6.09 Å². The van der Waals surface area contributed by atoms with E-state index >= 15 is 0 Å². The number of ether oxygens (including phenoxy) is 2. The number of hydrogen-bond donors (Lipinski definition) is 4. The van der Waals surface area contributed by atoms with Crippen LogP contribution in [0, 0.1) is 11.8 Å². The van der Waals surface area contributed by atoms with E-state index in [9.17, 15) is 19.8 Å². The predicted molar refractivity (Wildman–Crippen MR) is 149 cm³/mol. The quantitative estimate of drug-likeness (QED) is 0.323. The fraction of sp³-hybridized carbons (Fsp3) is 0.741. The van der Waals surface area contributed by atoms with Crippen LogP contribution in [0.3, 0.4) is 0 Å². The average molecular weight is 575 g/mol. The third-order valence-electron chi connectivity index (χ3n) is 8.43. The number of aliphatic hydroxyl groups excluding tert-OH is 2. The summed E-state index contributed by atoms with van der Waals surface area (Å²) in [6.45, 7) is 6.08. The van der Waals surface area contributed by atoms with E-state index in [0.717, 1.165) is 45.2 Å². The molecule has 14 heteroatoms. The first-order chi connectivity index (χ1) is 19.7. The minimum atomic E-state index is -1.40. The van der Waals surface area contributed by atoms with Crippen LogP contribution in [-0.2, 0) is 20.7 Å². The number of hydrogen-bond acceptors (Lipinski definition) is 11. The van der Waals surface area contributed by atoms with Crippen molar-refractivity contribution in [1.29, 1.82) is 0 Å². The highest BCUT2D eigenvalue weighted by molar-refractivity contribution is 5.83. The Bertz CT molecular complexity index is 1220. The number of nitrogen functional groups attached to an aromatic ring is 1. The number of aromatic nitrogens is 4. The van der Waals surface area contributed by atoms with E-state index in [0.29, 0.717) is 61.5 Å². The molecule has 226 valence electrons. The average Bonchev–Trinajstić information content (AvgIpc) is 3.65. The number of fused-ring (bicyclic) bond motifs is 1. The Morgan fingerprint density at radius 1 is 1.15 bits per heavy atom. The summed E-state index contributed by atoms with van der Waals surface area (Å²) in [7, 11) is 2.09. The van der Waals surface area contributed by atoms with Crippen LogP contribution in [0.15, 0.2) is 6.33 Å². The summed E-state index contributed by atoms with van der Waals surface area (Å²) in [6.07, 6.45) is 1.57. The molecule has 2 unspecified atom stereocenters. The van der Waals surface area contributed by atoms with Crippen LogP contribution < -0.4 is 11.1 Å². The molecule has 2 aromatic heterocycles. The third-order valence-corrected chi connectivity index (χ3v) is 8.43. The number of nitrogens with zero attached hydrogens (tertiary/aromatic N) is 6. The van der Waals surface area contributed by atoms with Gasteiger partial charge in [-0.25, -0.2) is 19.7 Å². The van der Waals surface area contributed by atoms with E-state index < -0.39 is 30.4 Å². The van der Waals surface area contributed by atoms with Crippen LogP contribution >= 0.6 is 0 Å². The Morgan fingerprint density at radius 3 is 2.61 bits per heavy atom. The number of nitrogens with two attached hydrogens (primary N) is 1. The molecule has 3 aliphatic heterocycles. The van der Waals surface area contributed by atoms with Gasteiger partial charge in [-0.2, -0.15) is 0 Å². The number of nitrogens with one attached hydrogen (secondary N) is 1. The topological polar surface area (TPSA) is 181 Å². The van der Waals surface area contributed by atoms with E-state index in [4.69, 9.17) is 15.2 Å². The standard InChI is InChI=1S/C27H42N8O6/c1-3-29-25(38)22-20(36)21(37)26(41-22)35-15-30-19-23(28)31-18(32-24(19)35)6-4-5-16-8-11-34(12-9-16)27(39)40-14-17-7-10-33(2)13-17/h15-17,20-22,26,36-37H,3-14H2,1-2H3,(H,29,38)(H2,28,31,32)/t17?,20-,21?,22+,26-/m1/s1. The lowest BCUT2D eigenvalue weighted by molar-refractivity contribution is -0.137. The van der Waals surface area contributed by atoms with E-state index in [1.807, 2.05) is 4.90 Å². The minimum Gasteiger partial charge on any atom is -0.449 e. The normalized spacial score (nSPS) is 27.5. The lowest BCUT2D eigenvalue weighted by Gasteiger charge is -2.31. The number of carbonyl (C=O) groups excluding carboxylic acids is 2. The lowest BCUT2D eigenvalue weighted by atomic mass is 9.91. The van der Waals surface area contributed by atoms with Crippen LogP contribution in [0.5, 0.6) is 0 Å². The molecule has 3 aliphatic rings. The molecule has 5 N–H and O–H groups in total. The van der Waals surface area contributed by atoms with Gasteiger partial charge in [0.05, 0.1) is 12.9 Å². The van der Waals surface area contributed by atoms with Gasteiger partial charge in [-0.3, -0.25) is 9.36 Å². The second-order valence-electron chi connectivity index (χ2n) is 11.5. The van der Waals surface area contributed by atoms with Gasteiger partial charge in [0.2, 0.25) is 0 Å². The van der Waals surface area contributed by atoms with E-state index in [-0.39, 0.29) is 11.9 Å². The van der Waals surface area contributed by atoms with Crippen LogP contribution in [0.1, 0.15) is 51.1 Å². The zero-order chi connectivity index (χ0) is 29.1. The number of aliphatic hydroxyl groups is 2. The maximum Gasteiger partial charge on any atom is 0.409 e. The molecular formula is C27H42N8O6. The van der Waals surface area contributed by atoms with Crippen molar-refractivity contribution < 1.29 is 29.3 Å². The molecule has 5 rings (SSSR count). The van der Waals surface area contributed by atoms with Crippen LogP contribution in [0.25, 0.3) is 11.2 Å². The molecule has 5 heterocycles. The number of likely N-dealkylation sites (tertiary alicyclic amines) is 2. The highest BCUT2D eigenvalue weighted by Crippen LogP contribution is 2.32. The van der Waals surface area contributed by atoms with E-state index in [2.05, 4.69) is 32.2 Å². The second kappa shape index (κ2) is 12.8. The van der Waals surface area contributed by atoms with Crippen LogP contribution in [-0.4, -0.2) is 116 Å². The number of likely N-dealkylation sites (N-methyl/N-ethyl adjacent to an activating group) is 1. The smallest absolute Gasteiger partial charge is 0.409 e. The zero-order valence-electron chi connectivity index (χ0n) is 23.8. The summed E-state index contributed by atoms with van der Waals surface area (Å²) in [5, 5.41) is 23.6. The Hall–Kier alpha value is -3.07. The number of piperidine rings is 1. The lowest BCUT2D eigenvalue weighted by Crippen LogP contribution is -2.42. The molecular weight excluding hydrogens is 532 g/mol. The molecule has 3 fully saturated rings. The highest BCUT2D eigenvalue weighted by atomic mass is 16.6. The summed E-state index contributed by atoms with van der Waals surface area (Å²) in [4.78, 5) is 42.2. The first-order valence-corrected chi connectivity index (χ1v) is 14.6. The summed E-state index contributed by atoms with van der Waals surface area (Å²) in [5.41, 5.74) is 6.91. The van der Waals surface area contributed by atoms with Crippen molar-refractivity contribution in [3.05, 3.63) is 12.2 Å².